The second-order valence-electron chi connectivity index (χ2n) is 5.14. The van der Waals surface area contributed by atoms with Crippen LogP contribution in [-0.4, -0.2) is 28.0 Å². The zero-order chi connectivity index (χ0) is 12.2. The van der Waals surface area contributed by atoms with Crippen LogP contribution < -0.4 is 5.32 Å². The van der Waals surface area contributed by atoms with Crippen molar-refractivity contribution in [1.82, 2.24) is 15.1 Å². The molecule has 0 unspecified atom stereocenters. The molecule has 2 N–H and O–H groups in total. The predicted octanol–water partition coefficient (Wildman–Crippen LogP) is 1.23. The van der Waals surface area contributed by atoms with Gasteiger partial charge in [0.25, 0.3) is 0 Å². The van der Waals surface area contributed by atoms with Crippen LogP contribution >= 0.6 is 0 Å². The van der Waals surface area contributed by atoms with Gasteiger partial charge in [-0.1, -0.05) is 13.8 Å². The van der Waals surface area contributed by atoms with Crippen molar-refractivity contribution < 1.29 is 5.11 Å². The highest BCUT2D eigenvalue weighted by molar-refractivity contribution is 5.08. The van der Waals surface area contributed by atoms with E-state index in [-0.39, 0.29) is 12.0 Å². The Hall–Kier alpha value is -0.870. The third-order valence-electron chi connectivity index (χ3n) is 2.80. The maximum atomic E-state index is 8.92. The minimum atomic E-state index is 0.141. The molecular formula is C12H23N3O. The summed E-state index contributed by atoms with van der Waals surface area (Å²) in [6.45, 7) is 8.29. The van der Waals surface area contributed by atoms with Crippen LogP contribution in [-0.2, 0) is 13.6 Å². The maximum Gasteiger partial charge on any atom is 0.0597 e. The monoisotopic (exact) mass is 225 g/mol. The fourth-order valence-corrected chi connectivity index (χ4v) is 1.75. The van der Waals surface area contributed by atoms with Crippen LogP contribution in [0.4, 0.5) is 0 Å². The normalized spacial score (nSPS) is 12.1. The molecule has 16 heavy (non-hydrogen) atoms. The molecule has 4 nitrogen and oxygen atoms in total. The maximum absolute atomic E-state index is 8.92. The number of aromatic nitrogens is 2. The highest BCUT2D eigenvalue weighted by Gasteiger charge is 2.16. The van der Waals surface area contributed by atoms with Gasteiger partial charge in [-0.15, -0.1) is 0 Å². The molecule has 0 aliphatic heterocycles. The lowest BCUT2D eigenvalue weighted by Gasteiger charge is -2.23. The van der Waals surface area contributed by atoms with Crippen LogP contribution in [0.25, 0.3) is 0 Å². The van der Waals surface area contributed by atoms with Crippen molar-refractivity contribution in [3.05, 3.63) is 17.5 Å². The molecule has 1 rings (SSSR count). The number of nitrogens with zero attached hydrogens (tertiary/aromatic N) is 2. The summed E-state index contributed by atoms with van der Waals surface area (Å²) in [5.74, 6) is 0. The highest BCUT2D eigenvalue weighted by atomic mass is 16.3. The van der Waals surface area contributed by atoms with Crippen LogP contribution in [0.1, 0.15) is 31.7 Å². The Labute approximate surface area is 97.7 Å². The van der Waals surface area contributed by atoms with Gasteiger partial charge in [-0.2, -0.15) is 5.10 Å². The van der Waals surface area contributed by atoms with Crippen molar-refractivity contribution >= 4 is 0 Å². The topological polar surface area (TPSA) is 50.1 Å². The molecular weight excluding hydrogens is 202 g/mol. The van der Waals surface area contributed by atoms with Crippen molar-refractivity contribution in [1.29, 1.82) is 0 Å². The van der Waals surface area contributed by atoms with Crippen LogP contribution in [0.15, 0.2) is 6.07 Å². The minimum Gasteiger partial charge on any atom is -0.396 e. The number of aryl methyl sites for hydroxylation is 2. The third kappa shape index (κ3) is 3.94. The van der Waals surface area contributed by atoms with Gasteiger partial charge in [0.05, 0.1) is 11.4 Å². The zero-order valence-corrected chi connectivity index (χ0v) is 10.7. The van der Waals surface area contributed by atoms with Crippen molar-refractivity contribution in [3.63, 3.8) is 0 Å². The van der Waals surface area contributed by atoms with Gasteiger partial charge in [-0.25, -0.2) is 0 Å². The largest absolute Gasteiger partial charge is 0.396 e. The zero-order valence-electron chi connectivity index (χ0n) is 10.7. The molecule has 0 atom stereocenters. The molecule has 0 aromatic carbocycles. The minimum absolute atomic E-state index is 0.141. The van der Waals surface area contributed by atoms with E-state index < -0.39 is 0 Å². The second-order valence-corrected chi connectivity index (χ2v) is 5.14. The van der Waals surface area contributed by atoms with E-state index in [0.717, 1.165) is 25.2 Å². The molecule has 0 aliphatic rings. The third-order valence-corrected chi connectivity index (χ3v) is 2.80. The van der Waals surface area contributed by atoms with Gasteiger partial charge in [-0.3, -0.25) is 4.68 Å². The molecule has 0 fully saturated rings. The molecule has 4 heteroatoms. The van der Waals surface area contributed by atoms with Crippen molar-refractivity contribution in [3.8, 4) is 0 Å². The van der Waals surface area contributed by atoms with Gasteiger partial charge in [-0.05, 0) is 24.8 Å². The van der Waals surface area contributed by atoms with Crippen LogP contribution in [0.2, 0.25) is 0 Å². The molecule has 0 bridgehead atoms. The number of aliphatic hydroxyl groups excluding tert-OH is 1. The summed E-state index contributed by atoms with van der Waals surface area (Å²) in [7, 11) is 1.96. The fourth-order valence-electron chi connectivity index (χ4n) is 1.75. The SMILES string of the molecule is Cc1cc(CNCC(C)(C)CCO)n(C)n1. The Morgan fingerprint density at radius 3 is 2.69 bits per heavy atom. The quantitative estimate of drug-likeness (QED) is 0.765. The molecule has 1 aromatic rings. The first-order chi connectivity index (χ1) is 7.44. The summed E-state index contributed by atoms with van der Waals surface area (Å²) >= 11 is 0. The van der Waals surface area contributed by atoms with Crippen molar-refractivity contribution in [2.24, 2.45) is 12.5 Å². The average Bonchev–Trinajstić information content (AvgIpc) is 2.44. The number of rotatable bonds is 6. The molecule has 1 aromatic heterocycles. The molecule has 0 aliphatic carbocycles. The summed E-state index contributed by atoms with van der Waals surface area (Å²) < 4.78 is 1.90. The van der Waals surface area contributed by atoms with Crippen LogP contribution in [0.5, 0.6) is 0 Å². The van der Waals surface area contributed by atoms with Gasteiger partial charge >= 0.3 is 0 Å². The predicted molar refractivity (Wildman–Crippen MR) is 65.1 cm³/mol. The summed E-state index contributed by atoms with van der Waals surface area (Å²) in [4.78, 5) is 0. The van der Waals surface area contributed by atoms with E-state index in [9.17, 15) is 0 Å². The first kappa shape index (κ1) is 13.2. The number of hydrogen-bond acceptors (Lipinski definition) is 3. The highest BCUT2D eigenvalue weighted by Crippen LogP contribution is 2.18. The van der Waals surface area contributed by atoms with Crippen LogP contribution in [0, 0.1) is 12.3 Å². The molecule has 0 amide bonds. The van der Waals surface area contributed by atoms with Crippen molar-refractivity contribution in [2.45, 2.75) is 33.7 Å². The van der Waals surface area contributed by atoms with E-state index in [4.69, 9.17) is 5.11 Å². The lowest BCUT2D eigenvalue weighted by molar-refractivity contribution is 0.206. The van der Waals surface area contributed by atoms with E-state index in [1.165, 1.54) is 5.69 Å². The van der Waals surface area contributed by atoms with Gasteiger partial charge < -0.3 is 10.4 Å². The molecule has 0 saturated carbocycles. The van der Waals surface area contributed by atoms with E-state index in [1.54, 1.807) is 0 Å². The standard InChI is InChI=1S/C12H23N3O/c1-10-7-11(15(4)14-10)8-13-9-12(2,3)5-6-16/h7,13,16H,5-6,8-9H2,1-4H3. The Morgan fingerprint density at radius 2 is 2.19 bits per heavy atom. The number of nitrogens with one attached hydrogen (secondary N) is 1. The fraction of sp³-hybridized carbons (Fsp3) is 0.750. The Bertz CT molecular complexity index is 331. The first-order valence-electron chi connectivity index (χ1n) is 5.76. The Morgan fingerprint density at radius 1 is 1.50 bits per heavy atom. The van der Waals surface area contributed by atoms with E-state index in [1.807, 2.05) is 18.7 Å². The summed E-state index contributed by atoms with van der Waals surface area (Å²) in [6.07, 6.45) is 0.824. The van der Waals surface area contributed by atoms with E-state index in [0.29, 0.717) is 0 Å². The molecule has 0 saturated heterocycles. The van der Waals surface area contributed by atoms with Gasteiger partial charge in [0.15, 0.2) is 0 Å². The second kappa shape index (κ2) is 5.46. The lowest BCUT2D eigenvalue weighted by Crippen LogP contribution is -2.30. The summed E-state index contributed by atoms with van der Waals surface area (Å²) in [5.41, 5.74) is 2.38. The first-order valence-corrected chi connectivity index (χ1v) is 5.76. The van der Waals surface area contributed by atoms with Crippen molar-refractivity contribution in [2.75, 3.05) is 13.2 Å². The Balaban J connectivity index is 2.38. The average molecular weight is 225 g/mol. The number of aliphatic hydroxyl groups is 1. The molecule has 92 valence electrons. The smallest absolute Gasteiger partial charge is 0.0597 e. The Kier molecular flexibility index (Phi) is 4.50. The van der Waals surface area contributed by atoms with Crippen LogP contribution in [0.3, 0.4) is 0 Å². The molecule has 0 spiro atoms. The summed E-state index contributed by atoms with van der Waals surface area (Å²) in [6, 6.07) is 2.09. The van der Waals surface area contributed by atoms with E-state index in [2.05, 4.69) is 30.3 Å². The molecule has 1 heterocycles. The molecule has 0 radical (unpaired) electrons. The number of hydrogen-bond donors (Lipinski definition) is 2. The summed E-state index contributed by atoms with van der Waals surface area (Å²) in [5, 5.41) is 16.6. The van der Waals surface area contributed by atoms with Gasteiger partial charge in [0, 0.05) is 26.7 Å². The van der Waals surface area contributed by atoms with Gasteiger partial charge in [0.2, 0.25) is 0 Å². The lowest BCUT2D eigenvalue weighted by atomic mass is 9.90. The van der Waals surface area contributed by atoms with Gasteiger partial charge in [0.1, 0.15) is 0 Å². The van der Waals surface area contributed by atoms with E-state index >= 15 is 0 Å².